The van der Waals surface area contributed by atoms with Gasteiger partial charge in [0, 0.05) is 5.92 Å². The normalized spacial score (nSPS) is 20.6. The van der Waals surface area contributed by atoms with E-state index in [-0.39, 0.29) is 62.6 Å². The maximum absolute atomic E-state index is 6.70. The van der Waals surface area contributed by atoms with Crippen LogP contribution >= 0.6 is 0 Å². The number of epoxide rings is 3. The van der Waals surface area contributed by atoms with Crippen LogP contribution in [0.15, 0.2) is 36.4 Å². The van der Waals surface area contributed by atoms with Crippen LogP contribution in [0, 0.1) is 0 Å². The highest BCUT2D eigenvalue weighted by Crippen LogP contribution is 2.51. The molecule has 6 rings (SSSR count). The quantitative estimate of drug-likeness (QED) is 0.151. The molecule has 6 heteroatoms. The molecule has 3 aliphatic rings. The van der Waals surface area contributed by atoms with Gasteiger partial charge in [-0.3, -0.25) is 0 Å². The molecule has 3 fully saturated rings. The average Bonchev–Trinajstić information content (AvgIpc) is 3.95. The molecular formula is C55H82O6. The van der Waals surface area contributed by atoms with Gasteiger partial charge in [-0.1, -0.05) is 150 Å². The van der Waals surface area contributed by atoms with Gasteiger partial charge in [-0.15, -0.1) is 0 Å². The third kappa shape index (κ3) is 11.8. The fraction of sp³-hybridized carbons (Fsp3) is 0.673. The lowest BCUT2D eigenvalue weighted by Gasteiger charge is -2.37. The first kappa shape index (κ1) is 47.4. The number of hydrogen-bond donors (Lipinski definition) is 0. The fourth-order valence-corrected chi connectivity index (χ4v) is 8.78. The average molecular weight is 839 g/mol. The van der Waals surface area contributed by atoms with Crippen molar-refractivity contribution in [2.24, 2.45) is 0 Å². The molecular weight excluding hydrogens is 757 g/mol. The maximum atomic E-state index is 6.70. The van der Waals surface area contributed by atoms with Crippen molar-refractivity contribution in [2.75, 3.05) is 39.6 Å². The predicted molar refractivity (Wildman–Crippen MR) is 252 cm³/mol. The van der Waals surface area contributed by atoms with E-state index >= 15 is 0 Å². The summed E-state index contributed by atoms with van der Waals surface area (Å²) in [7, 11) is 0. The molecule has 3 aliphatic heterocycles. The zero-order valence-electron chi connectivity index (χ0n) is 41.8. The topological polar surface area (TPSA) is 65.3 Å². The van der Waals surface area contributed by atoms with Crippen molar-refractivity contribution in [3.63, 3.8) is 0 Å². The number of hydrogen-bond acceptors (Lipinski definition) is 6. The lowest BCUT2D eigenvalue weighted by Crippen LogP contribution is -2.26. The molecule has 338 valence electrons. The fourth-order valence-electron chi connectivity index (χ4n) is 8.78. The first-order valence-electron chi connectivity index (χ1n) is 23.2. The molecule has 3 saturated heterocycles. The minimum atomic E-state index is -0.163. The molecule has 0 radical (unpaired) electrons. The van der Waals surface area contributed by atoms with Crippen molar-refractivity contribution in [2.45, 2.75) is 201 Å². The van der Waals surface area contributed by atoms with Crippen LogP contribution in [0.5, 0.6) is 17.2 Å². The Hall–Kier alpha value is -3.06. The summed E-state index contributed by atoms with van der Waals surface area (Å²) in [4.78, 5) is 0. The molecule has 6 nitrogen and oxygen atoms in total. The van der Waals surface area contributed by atoms with Crippen molar-refractivity contribution in [3.8, 4) is 17.2 Å². The van der Waals surface area contributed by atoms with Crippen LogP contribution in [-0.2, 0) is 46.7 Å². The van der Waals surface area contributed by atoms with Gasteiger partial charge >= 0.3 is 0 Å². The van der Waals surface area contributed by atoms with E-state index in [4.69, 9.17) is 28.4 Å². The first-order chi connectivity index (χ1) is 27.9. The molecule has 61 heavy (non-hydrogen) atoms. The second kappa shape index (κ2) is 16.8. The largest absolute Gasteiger partial charge is 0.490 e. The molecule has 0 spiro atoms. The monoisotopic (exact) mass is 839 g/mol. The van der Waals surface area contributed by atoms with Gasteiger partial charge < -0.3 is 28.4 Å². The lowest BCUT2D eigenvalue weighted by atomic mass is 9.68. The van der Waals surface area contributed by atoms with Crippen LogP contribution in [0.25, 0.3) is 0 Å². The molecule has 4 atom stereocenters. The van der Waals surface area contributed by atoms with E-state index in [2.05, 4.69) is 168 Å². The van der Waals surface area contributed by atoms with Gasteiger partial charge in [-0.25, -0.2) is 0 Å². The van der Waals surface area contributed by atoms with E-state index in [1.807, 2.05) is 0 Å². The Morgan fingerprint density at radius 3 is 0.902 bits per heavy atom. The Morgan fingerprint density at radius 2 is 0.656 bits per heavy atom. The molecule has 0 saturated carbocycles. The van der Waals surface area contributed by atoms with Crippen molar-refractivity contribution in [1.29, 1.82) is 0 Å². The van der Waals surface area contributed by atoms with Gasteiger partial charge in [-0.2, -0.15) is 0 Å². The van der Waals surface area contributed by atoms with Crippen LogP contribution in [0.1, 0.15) is 200 Å². The van der Waals surface area contributed by atoms with Gasteiger partial charge in [0.15, 0.2) is 0 Å². The summed E-state index contributed by atoms with van der Waals surface area (Å²) in [6.07, 6.45) is 1.44. The predicted octanol–water partition coefficient (Wildman–Crippen LogP) is 13.1. The smallest absolute Gasteiger partial charge is 0.123 e. The standard InChI is InChI=1S/C55H82O6/c1-33(37-21-44(53(11,12)13)47(59-30-34-27-56-34)24-41(37)50(2,3)4)20-38(39-22-45(54(14,15)16)48(60-31-35-28-57-35)25-42(39)51(5,6)7)40-23-46(55(17,18)19)49(61-32-36-29-58-36)26-43(40)52(8,9)10/h21-26,33-36,38H,20,27-32H2,1-19H3. The highest BCUT2D eigenvalue weighted by Gasteiger charge is 2.38. The Labute approximate surface area is 371 Å². The SMILES string of the molecule is CC(CC(c1cc(C(C)(C)C)c(OCC2CO2)cc1C(C)(C)C)c1cc(C(C)(C)C)c(OCC2CO2)cc1C(C)(C)C)c1cc(C(C)(C)C)c(OCC2CO2)cc1C(C)(C)C. The molecule has 0 aromatic heterocycles. The molecule has 3 heterocycles. The number of ether oxygens (including phenoxy) is 6. The second-order valence-electron chi connectivity index (χ2n) is 24.8. The molecule has 0 aliphatic carbocycles. The lowest BCUT2D eigenvalue weighted by molar-refractivity contribution is 0.257. The maximum Gasteiger partial charge on any atom is 0.123 e. The minimum Gasteiger partial charge on any atom is -0.490 e. The zero-order chi connectivity index (χ0) is 45.2. The van der Waals surface area contributed by atoms with E-state index in [1.54, 1.807) is 0 Å². The van der Waals surface area contributed by atoms with Gasteiger partial charge in [0.2, 0.25) is 0 Å². The summed E-state index contributed by atoms with van der Waals surface area (Å²) in [5, 5.41) is 0. The van der Waals surface area contributed by atoms with Crippen LogP contribution in [0.2, 0.25) is 0 Å². The zero-order valence-corrected chi connectivity index (χ0v) is 41.8. The third-order valence-corrected chi connectivity index (χ3v) is 12.7. The van der Waals surface area contributed by atoms with Crippen LogP contribution in [0.3, 0.4) is 0 Å². The van der Waals surface area contributed by atoms with Gasteiger partial charge in [-0.05, 0) is 113 Å². The third-order valence-electron chi connectivity index (χ3n) is 12.7. The Bertz CT molecular complexity index is 1930. The highest BCUT2D eigenvalue weighted by atomic mass is 16.6. The summed E-state index contributed by atoms with van der Waals surface area (Å²) in [5.41, 5.74) is 11.0. The molecule has 0 N–H and O–H groups in total. The van der Waals surface area contributed by atoms with E-state index in [0.29, 0.717) is 19.8 Å². The van der Waals surface area contributed by atoms with E-state index < -0.39 is 0 Å². The minimum absolute atomic E-state index is 0.0520. The molecule has 3 aromatic rings. The Kier molecular flexibility index (Phi) is 13.1. The molecule has 0 bridgehead atoms. The summed E-state index contributed by atoms with van der Waals surface area (Å²) in [6.45, 7) is 48.5. The van der Waals surface area contributed by atoms with Crippen LogP contribution < -0.4 is 14.2 Å². The van der Waals surface area contributed by atoms with Crippen LogP contribution in [-0.4, -0.2) is 58.0 Å². The summed E-state index contributed by atoms with van der Waals surface area (Å²) < 4.78 is 36.8. The molecule has 4 unspecified atom stereocenters. The Balaban J connectivity index is 1.64. The van der Waals surface area contributed by atoms with Crippen LogP contribution in [0.4, 0.5) is 0 Å². The Morgan fingerprint density at radius 1 is 0.410 bits per heavy atom. The van der Waals surface area contributed by atoms with E-state index in [1.165, 1.54) is 50.1 Å². The van der Waals surface area contributed by atoms with Gasteiger partial charge in [0.25, 0.3) is 0 Å². The van der Waals surface area contributed by atoms with Crippen molar-refractivity contribution < 1.29 is 28.4 Å². The summed E-state index contributed by atoms with van der Waals surface area (Å²) in [6, 6.07) is 14.7. The molecule has 3 aromatic carbocycles. The van der Waals surface area contributed by atoms with E-state index in [0.717, 1.165) is 43.5 Å². The van der Waals surface area contributed by atoms with Gasteiger partial charge in [0.1, 0.15) is 55.4 Å². The van der Waals surface area contributed by atoms with E-state index in [9.17, 15) is 0 Å². The summed E-state index contributed by atoms with van der Waals surface area (Å²) >= 11 is 0. The number of rotatable bonds is 14. The van der Waals surface area contributed by atoms with Crippen molar-refractivity contribution >= 4 is 0 Å². The van der Waals surface area contributed by atoms with Crippen molar-refractivity contribution in [3.05, 3.63) is 86.5 Å². The highest BCUT2D eigenvalue weighted by molar-refractivity contribution is 5.57. The number of benzene rings is 3. The molecule has 0 amide bonds. The second-order valence-corrected chi connectivity index (χ2v) is 24.8. The van der Waals surface area contributed by atoms with Gasteiger partial charge in [0.05, 0.1) is 19.8 Å². The van der Waals surface area contributed by atoms with Crippen molar-refractivity contribution in [1.82, 2.24) is 0 Å². The first-order valence-corrected chi connectivity index (χ1v) is 23.2. The summed E-state index contributed by atoms with van der Waals surface area (Å²) in [5.74, 6) is 3.17.